The van der Waals surface area contributed by atoms with E-state index in [1.807, 2.05) is 25.1 Å². The molecule has 1 heterocycles. The van der Waals surface area contributed by atoms with Crippen molar-refractivity contribution in [2.75, 3.05) is 18.4 Å². The second kappa shape index (κ2) is 8.01. The smallest absolute Gasteiger partial charge is 0.321 e. The van der Waals surface area contributed by atoms with E-state index in [1.165, 1.54) is 0 Å². The Morgan fingerprint density at radius 1 is 1.18 bits per heavy atom. The summed E-state index contributed by atoms with van der Waals surface area (Å²) in [6.07, 6.45) is 2.44. The Kier molecular flexibility index (Phi) is 6.04. The SMILES string of the molecule is CCN(CCc1ccccn1)C(=O)Nc1c(Cl)cccc1Cl. The van der Waals surface area contributed by atoms with E-state index in [4.69, 9.17) is 23.2 Å². The van der Waals surface area contributed by atoms with Crippen LogP contribution < -0.4 is 5.32 Å². The summed E-state index contributed by atoms with van der Waals surface area (Å²) in [5, 5.41) is 3.60. The van der Waals surface area contributed by atoms with E-state index in [-0.39, 0.29) is 6.03 Å². The molecule has 1 N–H and O–H groups in total. The Morgan fingerprint density at radius 2 is 1.91 bits per heavy atom. The topological polar surface area (TPSA) is 45.2 Å². The number of benzene rings is 1. The van der Waals surface area contributed by atoms with Gasteiger partial charge in [0, 0.05) is 31.4 Å². The maximum absolute atomic E-state index is 12.3. The van der Waals surface area contributed by atoms with Gasteiger partial charge in [-0.25, -0.2) is 4.79 Å². The second-order valence-electron chi connectivity index (χ2n) is 4.68. The van der Waals surface area contributed by atoms with Gasteiger partial charge in [-0.2, -0.15) is 0 Å². The molecule has 0 aliphatic rings. The first-order valence-electron chi connectivity index (χ1n) is 7.01. The summed E-state index contributed by atoms with van der Waals surface area (Å²) in [5.41, 5.74) is 1.39. The molecule has 22 heavy (non-hydrogen) atoms. The highest BCUT2D eigenvalue weighted by molar-refractivity contribution is 6.39. The van der Waals surface area contributed by atoms with Gasteiger partial charge in [-0.15, -0.1) is 0 Å². The standard InChI is InChI=1S/C16H17Cl2N3O/c1-2-21(11-9-12-6-3-4-10-19-12)16(22)20-15-13(17)7-5-8-14(15)18/h3-8,10H,2,9,11H2,1H3,(H,20,22). The number of nitrogens with zero attached hydrogens (tertiary/aromatic N) is 2. The number of halogens is 2. The van der Waals surface area contributed by atoms with Crippen LogP contribution in [0.4, 0.5) is 10.5 Å². The molecule has 116 valence electrons. The number of pyridine rings is 1. The van der Waals surface area contributed by atoms with Crippen molar-refractivity contribution in [2.24, 2.45) is 0 Å². The number of amides is 2. The second-order valence-corrected chi connectivity index (χ2v) is 5.49. The van der Waals surface area contributed by atoms with Gasteiger partial charge in [-0.1, -0.05) is 35.3 Å². The van der Waals surface area contributed by atoms with Crippen LogP contribution in [0.25, 0.3) is 0 Å². The molecule has 2 amide bonds. The number of nitrogens with one attached hydrogen (secondary N) is 1. The van der Waals surface area contributed by atoms with Crippen LogP contribution in [0, 0.1) is 0 Å². The van der Waals surface area contributed by atoms with Crippen LogP contribution in [-0.4, -0.2) is 29.0 Å². The highest BCUT2D eigenvalue weighted by Crippen LogP contribution is 2.29. The highest BCUT2D eigenvalue weighted by atomic mass is 35.5. The molecule has 0 aliphatic carbocycles. The Labute approximate surface area is 140 Å². The van der Waals surface area contributed by atoms with Crippen molar-refractivity contribution >= 4 is 34.9 Å². The molecule has 6 heteroatoms. The van der Waals surface area contributed by atoms with Gasteiger partial charge in [0.15, 0.2) is 0 Å². The van der Waals surface area contributed by atoms with E-state index in [1.54, 1.807) is 29.3 Å². The van der Waals surface area contributed by atoms with Crippen LogP contribution >= 0.6 is 23.2 Å². The Morgan fingerprint density at radius 3 is 2.50 bits per heavy atom. The van der Waals surface area contributed by atoms with Crippen LogP contribution in [0.3, 0.4) is 0 Å². The Bertz CT molecular complexity index is 614. The van der Waals surface area contributed by atoms with Crippen LogP contribution in [0.5, 0.6) is 0 Å². The number of carbonyl (C=O) groups excluding carboxylic acids is 1. The Hall–Kier alpha value is -1.78. The van der Waals surface area contributed by atoms with Crippen molar-refractivity contribution in [2.45, 2.75) is 13.3 Å². The van der Waals surface area contributed by atoms with Gasteiger partial charge in [0.2, 0.25) is 0 Å². The lowest BCUT2D eigenvalue weighted by Crippen LogP contribution is -2.36. The molecule has 0 unspecified atom stereocenters. The molecule has 0 radical (unpaired) electrons. The lowest BCUT2D eigenvalue weighted by atomic mass is 10.2. The number of carbonyl (C=O) groups is 1. The van der Waals surface area contributed by atoms with Gasteiger partial charge >= 0.3 is 6.03 Å². The number of hydrogen-bond acceptors (Lipinski definition) is 2. The molecule has 1 aromatic carbocycles. The minimum atomic E-state index is -0.228. The van der Waals surface area contributed by atoms with Crippen molar-refractivity contribution in [3.05, 3.63) is 58.3 Å². The molecule has 1 aromatic heterocycles. The van der Waals surface area contributed by atoms with E-state index in [0.717, 1.165) is 5.69 Å². The predicted molar refractivity (Wildman–Crippen MR) is 90.7 cm³/mol. The van der Waals surface area contributed by atoms with E-state index < -0.39 is 0 Å². The lowest BCUT2D eigenvalue weighted by Gasteiger charge is -2.22. The summed E-state index contributed by atoms with van der Waals surface area (Å²) in [7, 11) is 0. The number of likely N-dealkylation sites (N-methyl/N-ethyl adjacent to an activating group) is 1. The van der Waals surface area contributed by atoms with Gasteiger partial charge in [0.05, 0.1) is 15.7 Å². The summed E-state index contributed by atoms with van der Waals surface area (Å²) >= 11 is 12.1. The first-order chi connectivity index (χ1) is 10.6. The minimum Gasteiger partial charge on any atom is -0.324 e. The molecule has 0 saturated carbocycles. The van der Waals surface area contributed by atoms with Crippen molar-refractivity contribution in [3.63, 3.8) is 0 Å². The van der Waals surface area contributed by atoms with E-state index in [9.17, 15) is 4.79 Å². The van der Waals surface area contributed by atoms with Crippen LogP contribution in [-0.2, 0) is 6.42 Å². The highest BCUT2D eigenvalue weighted by Gasteiger charge is 2.15. The van der Waals surface area contributed by atoms with E-state index >= 15 is 0 Å². The lowest BCUT2D eigenvalue weighted by molar-refractivity contribution is 0.215. The summed E-state index contributed by atoms with van der Waals surface area (Å²) in [6, 6.07) is 10.6. The number of hydrogen-bond donors (Lipinski definition) is 1. The Balaban J connectivity index is 2.00. The van der Waals surface area contributed by atoms with Crippen molar-refractivity contribution in [1.82, 2.24) is 9.88 Å². The molecule has 0 bridgehead atoms. The molecule has 0 saturated heterocycles. The first-order valence-corrected chi connectivity index (χ1v) is 7.77. The molecule has 0 atom stereocenters. The monoisotopic (exact) mass is 337 g/mol. The first kappa shape index (κ1) is 16.6. The van der Waals surface area contributed by atoms with Gasteiger partial charge in [0.1, 0.15) is 0 Å². The summed E-state index contributed by atoms with van der Waals surface area (Å²) in [4.78, 5) is 18.3. The molecule has 4 nitrogen and oxygen atoms in total. The molecule has 2 rings (SSSR count). The maximum atomic E-state index is 12.3. The molecule has 0 fully saturated rings. The fourth-order valence-corrected chi connectivity index (χ4v) is 2.49. The average Bonchev–Trinajstić information content (AvgIpc) is 2.52. The third kappa shape index (κ3) is 4.36. The fraction of sp³-hybridized carbons (Fsp3) is 0.250. The summed E-state index contributed by atoms with van der Waals surface area (Å²) in [6.45, 7) is 3.08. The fourth-order valence-electron chi connectivity index (χ4n) is 2.00. The van der Waals surface area contributed by atoms with E-state index in [0.29, 0.717) is 35.2 Å². The van der Waals surface area contributed by atoms with Crippen LogP contribution in [0.2, 0.25) is 10.0 Å². The largest absolute Gasteiger partial charge is 0.324 e. The molecule has 2 aromatic rings. The molecule has 0 aliphatic heterocycles. The summed E-state index contributed by atoms with van der Waals surface area (Å²) in [5.74, 6) is 0. The van der Waals surface area contributed by atoms with Crippen molar-refractivity contribution in [1.29, 1.82) is 0 Å². The zero-order valence-electron chi connectivity index (χ0n) is 12.2. The van der Waals surface area contributed by atoms with Crippen molar-refractivity contribution < 1.29 is 4.79 Å². The predicted octanol–water partition coefficient (Wildman–Crippen LogP) is 4.48. The quantitative estimate of drug-likeness (QED) is 0.873. The third-order valence-corrected chi connectivity index (χ3v) is 3.86. The van der Waals surface area contributed by atoms with Gasteiger partial charge in [0.25, 0.3) is 0 Å². The van der Waals surface area contributed by atoms with Crippen molar-refractivity contribution in [3.8, 4) is 0 Å². The normalized spacial score (nSPS) is 10.3. The minimum absolute atomic E-state index is 0.228. The summed E-state index contributed by atoms with van der Waals surface area (Å²) < 4.78 is 0. The number of urea groups is 1. The zero-order valence-corrected chi connectivity index (χ0v) is 13.7. The van der Waals surface area contributed by atoms with E-state index in [2.05, 4.69) is 10.3 Å². The molecule has 0 spiro atoms. The van der Waals surface area contributed by atoms with Gasteiger partial charge < -0.3 is 10.2 Å². The van der Waals surface area contributed by atoms with Gasteiger partial charge in [-0.05, 0) is 31.2 Å². The number of rotatable bonds is 5. The average molecular weight is 338 g/mol. The number of anilines is 1. The maximum Gasteiger partial charge on any atom is 0.321 e. The van der Waals surface area contributed by atoms with Crippen LogP contribution in [0.1, 0.15) is 12.6 Å². The number of para-hydroxylation sites is 1. The molecular formula is C16H17Cl2N3O. The molecular weight excluding hydrogens is 321 g/mol. The third-order valence-electron chi connectivity index (χ3n) is 3.23. The van der Waals surface area contributed by atoms with Crippen LogP contribution in [0.15, 0.2) is 42.6 Å². The zero-order chi connectivity index (χ0) is 15.9. The number of aromatic nitrogens is 1. The van der Waals surface area contributed by atoms with Gasteiger partial charge in [-0.3, -0.25) is 4.98 Å².